The normalized spacial score (nSPS) is 12.5. The molecule has 0 saturated carbocycles. The van der Waals surface area contributed by atoms with Crippen molar-refractivity contribution < 1.29 is 4.79 Å². The van der Waals surface area contributed by atoms with Crippen LogP contribution in [0.25, 0.3) is 0 Å². The average molecular weight is 145 g/mol. The molecule has 0 radical (unpaired) electrons. The zero-order valence-electron chi connectivity index (χ0n) is 5.92. The lowest BCUT2D eigenvalue weighted by atomic mass is 10.3. The molecule has 1 rings (SSSR count). The third-order valence-corrected chi connectivity index (χ3v) is 1.19. The van der Waals surface area contributed by atoms with Crippen LogP contribution in [0.15, 0.2) is 29.5 Å². The van der Waals surface area contributed by atoms with Gasteiger partial charge in [0.25, 0.3) is 5.91 Å². The molecule has 0 heterocycles. The van der Waals surface area contributed by atoms with Gasteiger partial charge in [-0.15, -0.1) is 12.2 Å². The number of amides is 1. The van der Waals surface area contributed by atoms with Gasteiger partial charge >= 0.3 is 0 Å². The first-order valence-corrected chi connectivity index (χ1v) is 3.19. The minimum atomic E-state index is -0.173. The Morgan fingerprint density at radius 1 is 1.82 bits per heavy atom. The number of nitrogens with one attached hydrogen (secondary N) is 1. The van der Waals surface area contributed by atoms with Crippen LogP contribution < -0.4 is 5.32 Å². The molecule has 1 aliphatic carbocycles. The maximum absolute atomic E-state index is 11.0. The molecule has 0 aromatic heterocycles. The first kappa shape index (κ1) is 7.40. The number of terminal acetylenes is 1. The highest BCUT2D eigenvalue weighted by atomic mass is 16.1. The molecule has 0 fully saturated rings. The fourth-order valence-corrected chi connectivity index (χ4v) is 0.698. The number of allylic oxidation sites excluding steroid dienone is 1. The SMILES string of the molecule is C#CCNC(=O)C1=C=CC=C1. The molecule has 0 aromatic carbocycles. The number of hydrogen-bond acceptors (Lipinski definition) is 1. The van der Waals surface area contributed by atoms with Gasteiger partial charge in [-0.3, -0.25) is 4.79 Å². The van der Waals surface area contributed by atoms with E-state index in [-0.39, 0.29) is 12.5 Å². The zero-order valence-corrected chi connectivity index (χ0v) is 5.92. The van der Waals surface area contributed by atoms with Crippen molar-refractivity contribution in [3.8, 4) is 12.3 Å². The Hall–Kier alpha value is -1.71. The molecular weight excluding hydrogens is 138 g/mol. The highest BCUT2D eigenvalue weighted by molar-refractivity contribution is 5.96. The summed E-state index contributed by atoms with van der Waals surface area (Å²) in [7, 11) is 0. The van der Waals surface area contributed by atoms with E-state index in [0.717, 1.165) is 0 Å². The van der Waals surface area contributed by atoms with E-state index in [4.69, 9.17) is 6.42 Å². The predicted octanol–water partition coefficient (Wildman–Crippen LogP) is 0.387. The van der Waals surface area contributed by atoms with Crippen molar-refractivity contribution in [1.29, 1.82) is 0 Å². The summed E-state index contributed by atoms with van der Waals surface area (Å²) in [6.07, 6.45) is 10.1. The van der Waals surface area contributed by atoms with Gasteiger partial charge in [0.2, 0.25) is 0 Å². The predicted molar refractivity (Wildman–Crippen MR) is 42.6 cm³/mol. The molecular formula is C9H7NO. The smallest absolute Gasteiger partial charge is 0.259 e. The molecule has 11 heavy (non-hydrogen) atoms. The van der Waals surface area contributed by atoms with Crippen molar-refractivity contribution in [2.45, 2.75) is 0 Å². The Morgan fingerprint density at radius 2 is 2.64 bits per heavy atom. The van der Waals surface area contributed by atoms with Crippen molar-refractivity contribution in [3.63, 3.8) is 0 Å². The molecule has 54 valence electrons. The quantitative estimate of drug-likeness (QED) is 0.442. The lowest BCUT2D eigenvalue weighted by Gasteiger charge is -1.96. The van der Waals surface area contributed by atoms with Gasteiger partial charge in [-0.25, -0.2) is 0 Å². The fourth-order valence-electron chi connectivity index (χ4n) is 0.698. The molecule has 1 amide bonds. The third-order valence-electron chi connectivity index (χ3n) is 1.19. The molecule has 0 aliphatic heterocycles. The molecule has 0 unspecified atom stereocenters. The van der Waals surface area contributed by atoms with Gasteiger partial charge < -0.3 is 5.32 Å². The summed E-state index contributed by atoms with van der Waals surface area (Å²) in [4.78, 5) is 11.0. The zero-order chi connectivity index (χ0) is 8.10. The largest absolute Gasteiger partial charge is 0.341 e. The van der Waals surface area contributed by atoms with E-state index in [1.807, 2.05) is 0 Å². The minimum absolute atomic E-state index is 0.173. The maximum atomic E-state index is 11.0. The van der Waals surface area contributed by atoms with Crippen LogP contribution in [0.1, 0.15) is 0 Å². The van der Waals surface area contributed by atoms with Gasteiger partial charge in [0.15, 0.2) is 0 Å². The lowest BCUT2D eigenvalue weighted by Crippen LogP contribution is -2.23. The van der Waals surface area contributed by atoms with E-state index in [0.29, 0.717) is 5.57 Å². The number of carbonyl (C=O) groups excluding carboxylic acids is 1. The Balaban J connectivity index is 2.51. The standard InChI is InChI=1S/C9H7NO/c1-2-7-10-9(11)8-5-3-4-6-8/h1,3-5H,7H2,(H,10,11). The van der Waals surface area contributed by atoms with E-state index in [1.54, 1.807) is 18.2 Å². The Morgan fingerprint density at radius 3 is 3.18 bits per heavy atom. The van der Waals surface area contributed by atoms with E-state index in [1.165, 1.54) is 0 Å². The lowest BCUT2D eigenvalue weighted by molar-refractivity contribution is -0.116. The first-order chi connectivity index (χ1) is 5.34. The second-order valence-corrected chi connectivity index (χ2v) is 1.97. The number of rotatable bonds is 2. The van der Waals surface area contributed by atoms with Crippen LogP contribution in [-0.4, -0.2) is 12.5 Å². The summed E-state index contributed by atoms with van der Waals surface area (Å²) in [5.41, 5.74) is 3.29. The molecule has 0 saturated heterocycles. The van der Waals surface area contributed by atoms with E-state index >= 15 is 0 Å². The van der Waals surface area contributed by atoms with Crippen molar-refractivity contribution in [2.24, 2.45) is 0 Å². The van der Waals surface area contributed by atoms with Gasteiger partial charge in [-0.1, -0.05) is 12.0 Å². The molecule has 1 N–H and O–H groups in total. The van der Waals surface area contributed by atoms with Crippen LogP contribution in [0.4, 0.5) is 0 Å². The van der Waals surface area contributed by atoms with Gasteiger partial charge in [-0.2, -0.15) is 0 Å². The Labute approximate surface area is 65.3 Å². The summed E-state index contributed by atoms with van der Waals surface area (Å²) < 4.78 is 0. The first-order valence-electron chi connectivity index (χ1n) is 3.19. The average Bonchev–Trinajstić information content (AvgIpc) is 2.52. The third kappa shape index (κ3) is 1.86. The molecule has 2 nitrogen and oxygen atoms in total. The van der Waals surface area contributed by atoms with Crippen molar-refractivity contribution in [3.05, 3.63) is 29.5 Å². The molecule has 0 bridgehead atoms. The number of carbonyl (C=O) groups is 1. The van der Waals surface area contributed by atoms with Gasteiger partial charge in [-0.05, 0) is 12.2 Å². The maximum Gasteiger partial charge on any atom is 0.259 e. The van der Waals surface area contributed by atoms with Crippen molar-refractivity contribution >= 4 is 5.91 Å². The minimum Gasteiger partial charge on any atom is -0.341 e. The van der Waals surface area contributed by atoms with E-state index in [2.05, 4.69) is 17.0 Å². The summed E-state index contributed by atoms with van der Waals surface area (Å²) in [6.45, 7) is 0.262. The Kier molecular flexibility index (Phi) is 2.32. The van der Waals surface area contributed by atoms with Crippen LogP contribution in [0, 0.1) is 12.3 Å². The number of hydrogen-bond donors (Lipinski definition) is 1. The van der Waals surface area contributed by atoms with E-state index < -0.39 is 0 Å². The second-order valence-electron chi connectivity index (χ2n) is 1.97. The van der Waals surface area contributed by atoms with Crippen LogP contribution in [0.3, 0.4) is 0 Å². The topological polar surface area (TPSA) is 29.1 Å². The molecule has 2 heteroatoms. The van der Waals surface area contributed by atoms with Gasteiger partial charge in [0, 0.05) is 0 Å². The van der Waals surface area contributed by atoms with Gasteiger partial charge in [0.1, 0.15) is 0 Å². The summed E-state index contributed by atoms with van der Waals surface area (Å²) in [5, 5.41) is 2.53. The van der Waals surface area contributed by atoms with Crippen molar-refractivity contribution in [2.75, 3.05) is 6.54 Å². The fraction of sp³-hybridized carbons (Fsp3) is 0.111. The van der Waals surface area contributed by atoms with Crippen LogP contribution in [-0.2, 0) is 4.79 Å². The molecule has 0 spiro atoms. The molecule has 0 atom stereocenters. The Bertz CT molecular complexity index is 298. The highest BCUT2D eigenvalue weighted by Crippen LogP contribution is 2.00. The van der Waals surface area contributed by atoms with Gasteiger partial charge in [0.05, 0.1) is 12.1 Å². The summed E-state index contributed by atoms with van der Waals surface area (Å²) in [6, 6.07) is 0. The molecule has 1 aliphatic rings. The molecule has 0 aromatic rings. The van der Waals surface area contributed by atoms with Crippen LogP contribution in [0.2, 0.25) is 0 Å². The van der Waals surface area contributed by atoms with Crippen molar-refractivity contribution in [1.82, 2.24) is 5.32 Å². The van der Waals surface area contributed by atoms with Crippen LogP contribution in [0.5, 0.6) is 0 Å². The summed E-state index contributed by atoms with van der Waals surface area (Å²) in [5.74, 6) is 2.14. The second kappa shape index (κ2) is 3.46. The monoisotopic (exact) mass is 145 g/mol. The summed E-state index contributed by atoms with van der Waals surface area (Å²) >= 11 is 0. The van der Waals surface area contributed by atoms with E-state index in [9.17, 15) is 4.79 Å². The van der Waals surface area contributed by atoms with Crippen LogP contribution >= 0.6 is 0 Å². The highest BCUT2D eigenvalue weighted by Gasteiger charge is 2.04.